The molecular formula is C21H14F2N2O7S. The van der Waals surface area contributed by atoms with E-state index in [1.54, 1.807) is 0 Å². The molecule has 170 valence electrons. The van der Waals surface area contributed by atoms with Crippen molar-refractivity contribution in [3.8, 4) is 0 Å². The van der Waals surface area contributed by atoms with Crippen molar-refractivity contribution in [1.29, 1.82) is 0 Å². The number of halogens is 2. The molecule has 0 aliphatic rings. The van der Waals surface area contributed by atoms with Crippen molar-refractivity contribution >= 4 is 33.2 Å². The van der Waals surface area contributed by atoms with Crippen LogP contribution in [0.4, 0.5) is 20.2 Å². The molecule has 0 saturated heterocycles. The fourth-order valence-electron chi connectivity index (χ4n) is 2.60. The van der Waals surface area contributed by atoms with Crippen LogP contribution >= 0.6 is 0 Å². The number of nitro benzene ring substituents is 1. The van der Waals surface area contributed by atoms with Gasteiger partial charge >= 0.3 is 5.97 Å². The number of Topliss-reactive ketones (excluding diaryl/α,β-unsaturated/α-hetero) is 1. The summed E-state index contributed by atoms with van der Waals surface area (Å²) in [6.45, 7) is -0.610. The molecule has 9 nitrogen and oxygen atoms in total. The van der Waals surface area contributed by atoms with Gasteiger partial charge in [0.05, 0.1) is 15.4 Å². The molecule has 0 atom stereocenters. The number of nitrogens with zero attached hydrogens (tertiary/aromatic N) is 1. The summed E-state index contributed by atoms with van der Waals surface area (Å²) in [7, 11) is -4.21. The van der Waals surface area contributed by atoms with Crippen LogP contribution in [0.25, 0.3) is 0 Å². The Labute approximate surface area is 185 Å². The molecule has 0 aliphatic carbocycles. The van der Waals surface area contributed by atoms with E-state index in [4.69, 9.17) is 4.74 Å². The third-order valence-electron chi connectivity index (χ3n) is 4.31. The summed E-state index contributed by atoms with van der Waals surface area (Å²) in [4.78, 5) is 33.7. The van der Waals surface area contributed by atoms with Gasteiger partial charge in [-0.2, -0.15) is 0 Å². The molecular weight excluding hydrogens is 462 g/mol. The maximum absolute atomic E-state index is 13.3. The lowest BCUT2D eigenvalue weighted by Gasteiger charge is -2.09. The van der Waals surface area contributed by atoms with E-state index in [1.807, 2.05) is 0 Å². The Hall–Kier alpha value is -4.19. The highest BCUT2D eigenvalue weighted by molar-refractivity contribution is 7.92. The summed E-state index contributed by atoms with van der Waals surface area (Å²) < 4.78 is 58.0. The number of hydrogen-bond donors (Lipinski definition) is 1. The average Bonchev–Trinajstić information content (AvgIpc) is 2.79. The largest absolute Gasteiger partial charge is 0.454 e. The minimum atomic E-state index is -4.21. The van der Waals surface area contributed by atoms with Gasteiger partial charge in [0.2, 0.25) is 0 Å². The van der Waals surface area contributed by atoms with Crippen molar-refractivity contribution in [1.82, 2.24) is 0 Å². The van der Waals surface area contributed by atoms with Gasteiger partial charge in [-0.1, -0.05) is 0 Å². The van der Waals surface area contributed by atoms with E-state index in [0.29, 0.717) is 12.1 Å². The number of carbonyl (C=O) groups excluding carboxylic acids is 2. The molecule has 0 radical (unpaired) electrons. The Kier molecular flexibility index (Phi) is 6.78. The lowest BCUT2D eigenvalue weighted by atomic mass is 10.1. The first-order valence-electron chi connectivity index (χ1n) is 9.09. The Morgan fingerprint density at radius 1 is 0.909 bits per heavy atom. The van der Waals surface area contributed by atoms with Crippen molar-refractivity contribution in [3.05, 3.63) is 99.6 Å². The topological polar surface area (TPSA) is 133 Å². The van der Waals surface area contributed by atoms with Crippen LogP contribution in [0.3, 0.4) is 0 Å². The number of hydrogen-bond acceptors (Lipinski definition) is 7. The van der Waals surface area contributed by atoms with Crippen LogP contribution in [0, 0.1) is 21.7 Å². The standard InChI is InChI=1S/C21H14F2N2O7S/c22-18-10-9-17(11-19(18)23)33(30,31)24-15-5-1-14(2-6-15)21(27)32-12-20(26)13-3-7-16(8-4-13)25(28)29/h1-11,24H,12H2. The normalized spacial score (nSPS) is 11.0. The molecule has 0 aliphatic heterocycles. The highest BCUT2D eigenvalue weighted by Crippen LogP contribution is 2.19. The number of esters is 1. The zero-order valence-electron chi connectivity index (χ0n) is 16.5. The quantitative estimate of drug-likeness (QED) is 0.227. The fraction of sp³-hybridized carbons (Fsp3) is 0.0476. The van der Waals surface area contributed by atoms with E-state index in [0.717, 1.165) is 18.2 Å². The molecule has 0 aromatic heterocycles. The zero-order valence-corrected chi connectivity index (χ0v) is 17.3. The minimum absolute atomic E-state index is 0.0160. The zero-order chi connectivity index (χ0) is 24.2. The lowest BCUT2D eigenvalue weighted by Crippen LogP contribution is -2.15. The van der Waals surface area contributed by atoms with Crippen molar-refractivity contribution in [2.45, 2.75) is 4.90 Å². The predicted octanol–water partition coefficient (Wildman–Crippen LogP) is 3.71. The molecule has 0 unspecified atom stereocenters. The highest BCUT2D eigenvalue weighted by Gasteiger charge is 2.18. The molecule has 0 saturated carbocycles. The van der Waals surface area contributed by atoms with Crippen LogP contribution in [0.1, 0.15) is 20.7 Å². The Morgan fingerprint density at radius 2 is 1.52 bits per heavy atom. The molecule has 3 rings (SSSR count). The van der Waals surface area contributed by atoms with Crippen LogP contribution in [0.15, 0.2) is 71.6 Å². The SMILES string of the molecule is O=C(COC(=O)c1ccc(NS(=O)(=O)c2ccc(F)c(F)c2)cc1)c1ccc([N+](=O)[O-])cc1. The van der Waals surface area contributed by atoms with E-state index in [2.05, 4.69) is 4.72 Å². The van der Waals surface area contributed by atoms with E-state index in [9.17, 15) is 36.9 Å². The Bertz CT molecular complexity index is 1330. The van der Waals surface area contributed by atoms with E-state index in [-0.39, 0.29) is 22.5 Å². The molecule has 0 amide bonds. The van der Waals surface area contributed by atoms with E-state index in [1.165, 1.54) is 36.4 Å². The number of ether oxygens (including phenoxy) is 1. The van der Waals surface area contributed by atoms with Gasteiger partial charge in [-0.3, -0.25) is 19.6 Å². The highest BCUT2D eigenvalue weighted by atomic mass is 32.2. The van der Waals surface area contributed by atoms with Crippen molar-refractivity contribution < 1.29 is 36.4 Å². The van der Waals surface area contributed by atoms with Crippen molar-refractivity contribution in [2.75, 3.05) is 11.3 Å². The first-order valence-corrected chi connectivity index (χ1v) is 10.6. The van der Waals surface area contributed by atoms with Gasteiger partial charge in [-0.15, -0.1) is 0 Å². The second-order valence-electron chi connectivity index (χ2n) is 6.56. The third kappa shape index (κ3) is 5.74. The number of benzene rings is 3. The second-order valence-corrected chi connectivity index (χ2v) is 8.24. The van der Waals surface area contributed by atoms with Crippen LogP contribution in [-0.4, -0.2) is 31.7 Å². The first-order chi connectivity index (χ1) is 15.6. The first kappa shape index (κ1) is 23.5. The Morgan fingerprint density at radius 3 is 2.09 bits per heavy atom. The summed E-state index contributed by atoms with van der Waals surface area (Å²) in [5.74, 6) is -3.95. The number of ketones is 1. The maximum Gasteiger partial charge on any atom is 0.338 e. The number of sulfonamides is 1. The molecule has 3 aromatic rings. The summed E-state index contributed by atoms with van der Waals surface area (Å²) >= 11 is 0. The van der Waals surface area contributed by atoms with Gasteiger partial charge in [-0.25, -0.2) is 22.0 Å². The number of nitrogens with one attached hydrogen (secondary N) is 1. The molecule has 33 heavy (non-hydrogen) atoms. The van der Waals surface area contributed by atoms with Crippen LogP contribution in [0.5, 0.6) is 0 Å². The molecule has 0 bridgehead atoms. The monoisotopic (exact) mass is 476 g/mol. The molecule has 12 heteroatoms. The molecule has 0 heterocycles. The van der Waals surface area contributed by atoms with Gasteiger partial charge in [0.15, 0.2) is 24.0 Å². The number of carbonyl (C=O) groups is 2. The number of non-ortho nitro benzene ring substituents is 1. The van der Waals surface area contributed by atoms with E-state index >= 15 is 0 Å². The summed E-state index contributed by atoms with van der Waals surface area (Å²) in [6, 6.07) is 11.8. The molecule has 3 aromatic carbocycles. The minimum Gasteiger partial charge on any atom is -0.454 e. The predicted molar refractivity (Wildman–Crippen MR) is 111 cm³/mol. The fourth-order valence-corrected chi connectivity index (χ4v) is 3.67. The summed E-state index contributed by atoms with van der Waals surface area (Å²) in [5.41, 5.74) is -0.0141. The van der Waals surface area contributed by atoms with E-state index < -0.39 is 49.8 Å². The lowest BCUT2D eigenvalue weighted by molar-refractivity contribution is -0.384. The Balaban J connectivity index is 1.61. The van der Waals surface area contributed by atoms with Crippen molar-refractivity contribution in [2.24, 2.45) is 0 Å². The number of anilines is 1. The third-order valence-corrected chi connectivity index (χ3v) is 5.69. The average molecular weight is 476 g/mol. The van der Waals surface area contributed by atoms with Crippen LogP contribution in [0.2, 0.25) is 0 Å². The maximum atomic E-state index is 13.3. The molecule has 0 fully saturated rings. The van der Waals surface area contributed by atoms with Crippen molar-refractivity contribution in [3.63, 3.8) is 0 Å². The van der Waals surface area contributed by atoms with Crippen LogP contribution < -0.4 is 4.72 Å². The number of rotatable bonds is 8. The van der Waals surface area contributed by atoms with Gasteiger partial charge in [0.1, 0.15) is 0 Å². The van der Waals surface area contributed by atoms with Gasteiger partial charge in [-0.05, 0) is 54.6 Å². The smallest absolute Gasteiger partial charge is 0.338 e. The van der Waals surface area contributed by atoms with Gasteiger partial charge in [0.25, 0.3) is 15.7 Å². The summed E-state index contributed by atoms with van der Waals surface area (Å²) in [6.07, 6.45) is 0. The molecule has 1 N–H and O–H groups in total. The van der Waals surface area contributed by atoms with Gasteiger partial charge < -0.3 is 4.74 Å². The van der Waals surface area contributed by atoms with Crippen LogP contribution in [-0.2, 0) is 14.8 Å². The van der Waals surface area contributed by atoms with Gasteiger partial charge in [0, 0.05) is 23.4 Å². The second kappa shape index (κ2) is 9.53. The molecule has 0 spiro atoms. The summed E-state index contributed by atoms with van der Waals surface area (Å²) in [5, 5.41) is 10.6. The number of nitro groups is 1.